The van der Waals surface area contributed by atoms with Crippen molar-refractivity contribution in [2.75, 3.05) is 25.5 Å². The smallest absolute Gasteiger partial charge is 0.407 e. The van der Waals surface area contributed by atoms with Crippen molar-refractivity contribution in [3.05, 3.63) is 28.1 Å². The van der Waals surface area contributed by atoms with E-state index in [-0.39, 0.29) is 6.04 Å². The number of hydrogen-bond donors (Lipinski definition) is 3. The number of carboxylic acid groups (broad SMARTS) is 1. The number of halogens is 1. The minimum absolute atomic E-state index is 0.205. The van der Waals surface area contributed by atoms with Gasteiger partial charge in [-0.3, -0.25) is 5.32 Å². The summed E-state index contributed by atoms with van der Waals surface area (Å²) in [6, 6.07) is 5.07. The molecule has 2 aromatic rings. The van der Waals surface area contributed by atoms with Crippen LogP contribution in [0.2, 0.25) is 0 Å². The van der Waals surface area contributed by atoms with Crippen LogP contribution in [0, 0.1) is 0 Å². The quantitative estimate of drug-likeness (QED) is 0.650. The summed E-state index contributed by atoms with van der Waals surface area (Å²) in [5.41, 5.74) is 0.887. The Morgan fingerprint density at radius 2 is 2.26 bits per heavy atom. The Morgan fingerprint density at radius 1 is 1.44 bits per heavy atom. The number of methoxy groups -OCH3 is 1. The summed E-state index contributed by atoms with van der Waals surface area (Å²) in [5, 5.41) is 17.1. The monoisotopic (exact) mass is 454 g/mol. The average molecular weight is 455 g/mol. The van der Waals surface area contributed by atoms with Gasteiger partial charge in [-0.25, -0.2) is 14.6 Å². The summed E-state index contributed by atoms with van der Waals surface area (Å²) in [4.78, 5) is 29.0. The SMILES string of the molecule is COc1cc(-c2nc(NC(=O)N[C@H]3CCCN(C(=O)O)C3)cs2)ccc1Br. The zero-order valence-corrected chi connectivity index (χ0v) is 17.0. The molecule has 1 aliphatic rings. The molecule has 0 bridgehead atoms. The van der Waals surface area contributed by atoms with Crippen molar-refractivity contribution in [3.63, 3.8) is 0 Å². The van der Waals surface area contributed by atoms with Crippen molar-refractivity contribution in [2.24, 2.45) is 0 Å². The van der Waals surface area contributed by atoms with E-state index in [0.717, 1.165) is 27.9 Å². The van der Waals surface area contributed by atoms with Gasteiger partial charge in [0.15, 0.2) is 0 Å². The third-order valence-electron chi connectivity index (χ3n) is 4.17. The molecule has 3 amide bonds. The molecular formula is C17H19BrN4O4S. The molecule has 1 saturated heterocycles. The number of aromatic nitrogens is 1. The van der Waals surface area contributed by atoms with Gasteiger partial charge in [0.25, 0.3) is 0 Å². The van der Waals surface area contributed by atoms with E-state index in [1.807, 2.05) is 18.2 Å². The number of rotatable bonds is 4. The minimum Gasteiger partial charge on any atom is -0.496 e. The highest BCUT2D eigenvalue weighted by molar-refractivity contribution is 9.10. The highest BCUT2D eigenvalue weighted by atomic mass is 79.9. The Morgan fingerprint density at radius 3 is 3.00 bits per heavy atom. The molecule has 0 saturated carbocycles. The second-order valence-electron chi connectivity index (χ2n) is 6.05. The van der Waals surface area contributed by atoms with Gasteiger partial charge in [0, 0.05) is 30.1 Å². The predicted molar refractivity (Wildman–Crippen MR) is 107 cm³/mol. The van der Waals surface area contributed by atoms with Crippen LogP contribution in [0.15, 0.2) is 28.1 Å². The topological polar surface area (TPSA) is 104 Å². The lowest BCUT2D eigenvalue weighted by molar-refractivity contribution is 0.127. The fourth-order valence-electron chi connectivity index (χ4n) is 2.86. The molecule has 1 aromatic carbocycles. The van der Waals surface area contributed by atoms with Gasteiger partial charge in [-0.2, -0.15) is 0 Å². The molecule has 3 rings (SSSR count). The van der Waals surface area contributed by atoms with E-state index < -0.39 is 12.1 Å². The normalized spacial score (nSPS) is 16.7. The number of benzene rings is 1. The Labute approximate surface area is 168 Å². The summed E-state index contributed by atoms with van der Waals surface area (Å²) in [5.74, 6) is 1.15. The van der Waals surface area contributed by atoms with Crippen LogP contribution in [-0.4, -0.2) is 53.4 Å². The lowest BCUT2D eigenvalue weighted by atomic mass is 10.1. The molecule has 1 fully saturated rings. The first-order chi connectivity index (χ1) is 13.0. The maximum absolute atomic E-state index is 12.2. The summed E-state index contributed by atoms with van der Waals surface area (Å²) in [7, 11) is 1.60. The third-order valence-corrected chi connectivity index (χ3v) is 5.72. The van der Waals surface area contributed by atoms with Crippen LogP contribution in [0.4, 0.5) is 15.4 Å². The van der Waals surface area contributed by atoms with Crippen LogP contribution in [-0.2, 0) is 0 Å². The number of nitrogens with one attached hydrogen (secondary N) is 2. The van der Waals surface area contributed by atoms with E-state index in [1.165, 1.54) is 16.2 Å². The van der Waals surface area contributed by atoms with Crippen molar-refractivity contribution in [1.29, 1.82) is 0 Å². The van der Waals surface area contributed by atoms with Crippen molar-refractivity contribution in [2.45, 2.75) is 18.9 Å². The van der Waals surface area contributed by atoms with Crippen LogP contribution < -0.4 is 15.4 Å². The first-order valence-electron chi connectivity index (χ1n) is 8.31. The van der Waals surface area contributed by atoms with Crippen molar-refractivity contribution < 1.29 is 19.4 Å². The number of nitrogens with zero attached hydrogens (tertiary/aromatic N) is 2. The number of hydrogen-bond acceptors (Lipinski definition) is 5. The second-order valence-corrected chi connectivity index (χ2v) is 7.77. The van der Waals surface area contributed by atoms with Gasteiger partial charge in [-0.1, -0.05) is 6.07 Å². The van der Waals surface area contributed by atoms with Gasteiger partial charge >= 0.3 is 12.1 Å². The van der Waals surface area contributed by atoms with E-state index in [2.05, 4.69) is 31.5 Å². The van der Waals surface area contributed by atoms with Crippen LogP contribution in [0.25, 0.3) is 10.6 Å². The molecule has 1 aliphatic heterocycles. The van der Waals surface area contributed by atoms with Gasteiger partial charge in [-0.15, -0.1) is 11.3 Å². The molecular weight excluding hydrogens is 436 g/mol. The maximum atomic E-state index is 12.2. The Hall–Kier alpha value is -2.33. The van der Waals surface area contributed by atoms with Crippen LogP contribution >= 0.6 is 27.3 Å². The molecule has 3 N–H and O–H groups in total. The van der Waals surface area contributed by atoms with E-state index in [9.17, 15) is 9.59 Å². The Balaban J connectivity index is 1.60. The number of thiazole rings is 1. The third kappa shape index (κ3) is 4.89. The van der Waals surface area contributed by atoms with Gasteiger partial charge in [-0.05, 0) is 40.9 Å². The van der Waals surface area contributed by atoms with Gasteiger partial charge in [0.1, 0.15) is 16.6 Å². The van der Waals surface area contributed by atoms with E-state index >= 15 is 0 Å². The molecule has 27 heavy (non-hydrogen) atoms. The van der Waals surface area contributed by atoms with Gasteiger partial charge < -0.3 is 20.1 Å². The first kappa shape index (κ1) is 19.4. The lowest BCUT2D eigenvalue weighted by Gasteiger charge is -2.31. The largest absolute Gasteiger partial charge is 0.496 e. The fraction of sp³-hybridized carbons (Fsp3) is 0.353. The number of amides is 3. The maximum Gasteiger partial charge on any atom is 0.407 e. The molecule has 1 atom stereocenters. The number of anilines is 1. The Bertz CT molecular complexity index is 844. The molecule has 0 aliphatic carbocycles. The van der Waals surface area contributed by atoms with E-state index in [4.69, 9.17) is 9.84 Å². The Kier molecular flexibility index (Phi) is 6.17. The first-order valence-corrected chi connectivity index (χ1v) is 9.98. The van der Waals surface area contributed by atoms with Crippen molar-refractivity contribution in [3.8, 4) is 16.3 Å². The highest BCUT2D eigenvalue weighted by Crippen LogP contribution is 2.32. The van der Waals surface area contributed by atoms with Crippen LogP contribution in [0.1, 0.15) is 12.8 Å². The van der Waals surface area contributed by atoms with E-state index in [0.29, 0.717) is 24.7 Å². The number of ether oxygens (including phenoxy) is 1. The number of likely N-dealkylation sites (tertiary alicyclic amines) is 1. The molecule has 1 aromatic heterocycles. The zero-order valence-electron chi connectivity index (χ0n) is 14.6. The molecule has 144 valence electrons. The summed E-state index contributed by atoms with van der Waals surface area (Å²) in [6.45, 7) is 0.797. The number of piperidine rings is 1. The molecule has 2 heterocycles. The van der Waals surface area contributed by atoms with Gasteiger partial charge in [0.2, 0.25) is 0 Å². The summed E-state index contributed by atoms with van der Waals surface area (Å²) < 4.78 is 6.15. The van der Waals surface area contributed by atoms with Crippen molar-refractivity contribution in [1.82, 2.24) is 15.2 Å². The summed E-state index contributed by atoms with van der Waals surface area (Å²) >= 11 is 4.82. The number of carbonyl (C=O) groups excluding carboxylic acids is 1. The predicted octanol–water partition coefficient (Wildman–Crippen LogP) is 3.85. The number of urea groups is 1. The second kappa shape index (κ2) is 8.57. The molecule has 8 nitrogen and oxygen atoms in total. The fourth-order valence-corrected chi connectivity index (χ4v) is 4.02. The standard InChI is InChI=1S/C17H19BrN4O4S/c1-26-13-7-10(4-5-12(13)18)15-20-14(9-27-15)21-16(23)19-11-3-2-6-22(8-11)17(24)25/h4-5,7,9,11H,2-3,6,8H2,1H3,(H,24,25)(H2,19,21,23)/t11-/m0/s1. The summed E-state index contributed by atoms with van der Waals surface area (Å²) in [6.07, 6.45) is 0.512. The lowest BCUT2D eigenvalue weighted by Crippen LogP contribution is -2.50. The van der Waals surface area contributed by atoms with E-state index in [1.54, 1.807) is 12.5 Å². The minimum atomic E-state index is -0.962. The zero-order chi connectivity index (χ0) is 19.4. The number of carbonyl (C=O) groups is 2. The average Bonchev–Trinajstić information content (AvgIpc) is 3.10. The van der Waals surface area contributed by atoms with Crippen LogP contribution in [0.3, 0.4) is 0 Å². The van der Waals surface area contributed by atoms with Gasteiger partial charge in [0.05, 0.1) is 11.6 Å². The molecule has 0 spiro atoms. The highest BCUT2D eigenvalue weighted by Gasteiger charge is 2.24. The molecule has 0 unspecified atom stereocenters. The van der Waals surface area contributed by atoms with Crippen LogP contribution in [0.5, 0.6) is 5.75 Å². The molecule has 0 radical (unpaired) electrons. The van der Waals surface area contributed by atoms with Crippen molar-refractivity contribution >= 4 is 45.2 Å². The molecule has 10 heteroatoms.